The largest absolute Gasteiger partial charge is 0.465 e. The maximum absolute atomic E-state index is 10.9. The molecule has 228 valence electrons. The van der Waals surface area contributed by atoms with Crippen molar-refractivity contribution in [2.75, 3.05) is 5.75 Å². The fraction of sp³-hybridized carbons (Fsp3) is 0.355. The van der Waals surface area contributed by atoms with Crippen molar-refractivity contribution in [2.24, 2.45) is 0 Å². The fourth-order valence-electron chi connectivity index (χ4n) is 3.85. The van der Waals surface area contributed by atoms with E-state index in [0.29, 0.717) is 26.5 Å². The van der Waals surface area contributed by atoms with Crippen LogP contribution in [0.25, 0.3) is 0 Å². The van der Waals surface area contributed by atoms with Crippen LogP contribution in [0.2, 0.25) is 0 Å². The number of rotatable bonds is 6. The summed E-state index contributed by atoms with van der Waals surface area (Å²) in [7, 11) is 0. The lowest BCUT2D eigenvalue weighted by Gasteiger charge is -2.02. The van der Waals surface area contributed by atoms with Gasteiger partial charge in [0.25, 0.3) is 0 Å². The average molecular weight is 651 g/mol. The molecule has 1 aliphatic rings. The molecular weight excluding hydrogens is 613 g/mol. The summed E-state index contributed by atoms with van der Waals surface area (Å²) < 4.78 is 5.47. The topological polar surface area (TPSA) is 122 Å². The molecule has 1 unspecified atom stereocenters. The maximum Gasteiger partial charge on any atom is 0.170 e. The SMILES string of the molecule is C.CC(=O)c1sccc1C(C)O.CC(=O)c1sccc1C=O.CC(=O)c1sccc1CO.Cc1oc(C)c2c1CCS2. The van der Waals surface area contributed by atoms with E-state index < -0.39 is 6.10 Å². The third kappa shape index (κ3) is 10.3. The number of hydrogen-bond donors (Lipinski definition) is 2. The van der Waals surface area contributed by atoms with Crippen molar-refractivity contribution in [1.82, 2.24) is 0 Å². The van der Waals surface area contributed by atoms with E-state index in [1.807, 2.05) is 29.4 Å². The van der Waals surface area contributed by atoms with Crippen molar-refractivity contribution in [3.05, 3.63) is 82.7 Å². The van der Waals surface area contributed by atoms with Gasteiger partial charge >= 0.3 is 0 Å². The number of aryl methyl sites for hydroxylation is 2. The zero-order valence-electron chi connectivity index (χ0n) is 23.8. The number of aliphatic hydroxyl groups excluding tert-OH is 2. The molecule has 5 rings (SSSR count). The molecule has 0 fully saturated rings. The molecule has 42 heavy (non-hydrogen) atoms. The van der Waals surface area contributed by atoms with Gasteiger partial charge in [-0.3, -0.25) is 19.2 Å². The number of furan rings is 1. The van der Waals surface area contributed by atoms with Crippen LogP contribution in [-0.2, 0) is 13.0 Å². The molecule has 0 aromatic carbocycles. The molecular formula is C31H38O7S4. The van der Waals surface area contributed by atoms with Crippen LogP contribution in [0.1, 0.15) is 109 Å². The second kappa shape index (κ2) is 18.1. The van der Waals surface area contributed by atoms with E-state index in [-0.39, 0.29) is 31.4 Å². The Morgan fingerprint density at radius 3 is 1.90 bits per heavy atom. The molecule has 1 aliphatic heterocycles. The first-order chi connectivity index (χ1) is 19.4. The van der Waals surface area contributed by atoms with Crippen LogP contribution >= 0.6 is 45.8 Å². The molecule has 4 aromatic heterocycles. The van der Waals surface area contributed by atoms with Gasteiger partial charge in [0.1, 0.15) is 11.5 Å². The van der Waals surface area contributed by atoms with Gasteiger partial charge in [-0.15, -0.1) is 45.8 Å². The van der Waals surface area contributed by atoms with E-state index in [1.165, 1.54) is 77.4 Å². The first kappa shape index (κ1) is 37.4. The summed E-state index contributed by atoms with van der Waals surface area (Å²) in [5.41, 5.74) is 3.42. The summed E-state index contributed by atoms with van der Waals surface area (Å²) in [6.07, 6.45) is 1.36. The first-order valence-corrected chi connectivity index (χ1v) is 16.2. The number of thioether (sulfide) groups is 1. The molecule has 0 bridgehead atoms. The van der Waals surface area contributed by atoms with Gasteiger partial charge in [0.05, 0.1) is 32.2 Å². The normalized spacial score (nSPS) is 11.7. The van der Waals surface area contributed by atoms with E-state index >= 15 is 0 Å². The van der Waals surface area contributed by atoms with E-state index in [2.05, 4.69) is 6.92 Å². The lowest BCUT2D eigenvalue weighted by atomic mass is 10.1. The minimum absolute atomic E-state index is 0. The van der Waals surface area contributed by atoms with Gasteiger partial charge < -0.3 is 14.6 Å². The molecule has 2 N–H and O–H groups in total. The van der Waals surface area contributed by atoms with E-state index in [1.54, 1.807) is 30.5 Å². The quantitative estimate of drug-likeness (QED) is 0.158. The number of aliphatic hydroxyl groups is 2. The Labute approximate surface area is 263 Å². The van der Waals surface area contributed by atoms with Crippen LogP contribution in [0.3, 0.4) is 0 Å². The van der Waals surface area contributed by atoms with Crippen LogP contribution < -0.4 is 0 Å². The van der Waals surface area contributed by atoms with Crippen molar-refractivity contribution in [3.8, 4) is 0 Å². The zero-order valence-corrected chi connectivity index (χ0v) is 27.1. The molecule has 0 saturated heterocycles. The molecule has 11 heteroatoms. The monoisotopic (exact) mass is 650 g/mol. The molecule has 0 amide bonds. The summed E-state index contributed by atoms with van der Waals surface area (Å²) in [6, 6.07) is 5.20. The number of fused-ring (bicyclic) bond motifs is 1. The number of Topliss-reactive ketones (excluding diaryl/α,β-unsaturated/α-hetero) is 3. The van der Waals surface area contributed by atoms with Crippen molar-refractivity contribution in [3.63, 3.8) is 0 Å². The number of carbonyl (C=O) groups is 4. The van der Waals surface area contributed by atoms with Crippen LogP contribution in [-0.4, -0.2) is 39.6 Å². The van der Waals surface area contributed by atoms with Crippen LogP contribution in [0.4, 0.5) is 0 Å². The first-order valence-electron chi connectivity index (χ1n) is 12.6. The Balaban J connectivity index is 0.000000278. The number of carbonyl (C=O) groups excluding carboxylic acids is 4. The van der Waals surface area contributed by atoms with Crippen LogP contribution in [0, 0.1) is 13.8 Å². The van der Waals surface area contributed by atoms with E-state index in [4.69, 9.17) is 9.52 Å². The number of hydrogen-bond acceptors (Lipinski definition) is 11. The third-order valence-corrected chi connectivity index (χ3v) is 10.1. The molecule has 0 radical (unpaired) electrons. The fourth-order valence-corrected chi connectivity index (χ4v) is 7.50. The molecule has 0 spiro atoms. The smallest absolute Gasteiger partial charge is 0.170 e. The summed E-state index contributed by atoms with van der Waals surface area (Å²) in [6.45, 7) is 10.2. The highest BCUT2D eigenvalue weighted by atomic mass is 32.2. The molecule has 1 atom stereocenters. The minimum atomic E-state index is -0.542. The Hall–Kier alpha value is -2.67. The van der Waals surface area contributed by atoms with E-state index in [0.717, 1.165) is 22.6 Å². The van der Waals surface area contributed by atoms with Gasteiger partial charge in [0.15, 0.2) is 23.6 Å². The van der Waals surface area contributed by atoms with Crippen LogP contribution in [0.15, 0.2) is 43.7 Å². The van der Waals surface area contributed by atoms with Gasteiger partial charge in [-0.2, -0.15) is 0 Å². The van der Waals surface area contributed by atoms with Crippen molar-refractivity contribution < 1.29 is 33.8 Å². The molecule has 4 aromatic rings. The molecule has 7 nitrogen and oxygen atoms in total. The van der Waals surface area contributed by atoms with Crippen molar-refractivity contribution in [2.45, 2.75) is 73.0 Å². The highest BCUT2D eigenvalue weighted by molar-refractivity contribution is 7.99. The predicted molar refractivity (Wildman–Crippen MR) is 174 cm³/mol. The molecule has 0 aliphatic carbocycles. The van der Waals surface area contributed by atoms with Crippen molar-refractivity contribution in [1.29, 1.82) is 0 Å². The summed E-state index contributed by atoms with van der Waals surface area (Å²) in [5, 5.41) is 23.3. The highest BCUT2D eigenvalue weighted by Gasteiger charge is 2.20. The zero-order chi connectivity index (χ0) is 30.7. The lowest BCUT2D eigenvalue weighted by Crippen LogP contribution is -1.97. The second-order valence-corrected chi connectivity index (χ2v) is 12.8. The van der Waals surface area contributed by atoms with Crippen molar-refractivity contribution >= 4 is 69.4 Å². The van der Waals surface area contributed by atoms with Gasteiger partial charge in [-0.1, -0.05) is 7.43 Å². The highest BCUT2D eigenvalue weighted by Crippen LogP contribution is 2.37. The predicted octanol–water partition coefficient (Wildman–Crippen LogP) is 8.39. The Bertz CT molecular complexity index is 1450. The summed E-state index contributed by atoms with van der Waals surface area (Å²) in [4.78, 5) is 46.0. The Morgan fingerprint density at radius 2 is 1.45 bits per heavy atom. The van der Waals surface area contributed by atoms with E-state index in [9.17, 15) is 24.3 Å². The van der Waals surface area contributed by atoms with Gasteiger partial charge in [0, 0.05) is 22.4 Å². The lowest BCUT2D eigenvalue weighted by molar-refractivity contribution is 0.100. The number of ketones is 3. The minimum Gasteiger partial charge on any atom is -0.465 e. The Kier molecular flexibility index (Phi) is 16.1. The summed E-state index contributed by atoms with van der Waals surface area (Å²) in [5.74, 6) is 3.47. The van der Waals surface area contributed by atoms with Gasteiger partial charge in [0.2, 0.25) is 0 Å². The molecule has 5 heterocycles. The summed E-state index contributed by atoms with van der Waals surface area (Å²) >= 11 is 5.97. The average Bonchev–Trinajstić information content (AvgIpc) is 3.75. The van der Waals surface area contributed by atoms with Gasteiger partial charge in [-0.25, -0.2) is 0 Å². The second-order valence-electron chi connectivity index (χ2n) is 8.93. The maximum atomic E-state index is 10.9. The Morgan fingerprint density at radius 1 is 0.905 bits per heavy atom. The third-order valence-electron chi connectivity index (χ3n) is 5.77. The van der Waals surface area contributed by atoms with Gasteiger partial charge in [-0.05, 0) is 87.9 Å². The standard InChI is InChI=1S/C8H10O2S.C8H10OS.C7H8O2S.C7H6O2S.CH4/c1-5(9)7-3-4-11-8(7)6(2)10;1-5-7-3-4-10-8(7)6(2)9-5;2*1-5(9)7-6(4-8)2-3-10-7;/h3-5,9H,1-2H3;3-4H2,1-2H3;2-3,8H,4H2,1H3;2-4H,1H3;1H4. The molecule has 0 saturated carbocycles. The number of thiophene rings is 3. The van der Waals surface area contributed by atoms with Crippen LogP contribution in [0.5, 0.6) is 0 Å². The number of aldehydes is 1.